The van der Waals surface area contributed by atoms with Gasteiger partial charge in [-0.05, 0) is 31.2 Å². The number of aromatic amines is 1. The molecule has 0 bridgehead atoms. The summed E-state index contributed by atoms with van der Waals surface area (Å²) >= 11 is 0. The van der Waals surface area contributed by atoms with E-state index in [0.717, 1.165) is 22.5 Å². The zero-order chi connectivity index (χ0) is 20.5. The maximum atomic E-state index is 14.6. The van der Waals surface area contributed by atoms with Crippen LogP contribution in [0.25, 0.3) is 33.1 Å². The van der Waals surface area contributed by atoms with Gasteiger partial charge in [0, 0.05) is 40.6 Å². The van der Waals surface area contributed by atoms with Crippen LogP contribution < -0.4 is 9.47 Å². The number of aromatic nitrogens is 3. The van der Waals surface area contributed by atoms with Crippen molar-refractivity contribution >= 4 is 21.8 Å². The first kappa shape index (κ1) is 18.9. The Kier molecular flexibility index (Phi) is 4.94. The van der Waals surface area contributed by atoms with Crippen molar-refractivity contribution in [3.63, 3.8) is 0 Å². The molecule has 29 heavy (non-hydrogen) atoms. The lowest BCUT2D eigenvalue weighted by atomic mass is 10.00. The Hall–Kier alpha value is -3.39. The lowest BCUT2D eigenvalue weighted by Gasteiger charge is -2.15. The number of halogens is 1. The summed E-state index contributed by atoms with van der Waals surface area (Å²) in [6.07, 6.45) is 0. The predicted octanol–water partition coefficient (Wildman–Crippen LogP) is 3.97. The highest BCUT2D eigenvalue weighted by molar-refractivity contribution is 6.12. The Morgan fingerprint density at radius 2 is 1.86 bits per heavy atom. The van der Waals surface area contributed by atoms with Gasteiger partial charge >= 0.3 is 0 Å². The van der Waals surface area contributed by atoms with Crippen LogP contribution in [0.15, 0.2) is 30.3 Å². The Morgan fingerprint density at radius 3 is 2.59 bits per heavy atom. The fraction of sp³-hybridized carbons (Fsp3) is 0.238. The van der Waals surface area contributed by atoms with Gasteiger partial charge in [0.05, 0.1) is 19.4 Å². The molecule has 0 radical (unpaired) electrons. The van der Waals surface area contributed by atoms with Crippen LogP contribution in [0.5, 0.6) is 17.2 Å². The maximum Gasteiger partial charge on any atom is 0.182 e. The first-order valence-electron chi connectivity index (χ1n) is 9.00. The minimum Gasteiger partial charge on any atom is -0.508 e. The summed E-state index contributed by atoms with van der Waals surface area (Å²) in [5.74, 6) is 0.307. The zero-order valence-corrected chi connectivity index (χ0v) is 16.2. The molecule has 0 spiro atoms. The van der Waals surface area contributed by atoms with E-state index >= 15 is 0 Å². The summed E-state index contributed by atoms with van der Waals surface area (Å²) in [5.41, 5.74) is 1.96. The summed E-state index contributed by atoms with van der Waals surface area (Å²) in [6, 6.07) is 7.59. The molecule has 0 aliphatic carbocycles. The molecule has 0 fully saturated rings. The van der Waals surface area contributed by atoms with E-state index in [1.165, 1.54) is 12.1 Å². The Bertz CT molecular complexity index is 1210. The highest BCUT2D eigenvalue weighted by atomic mass is 19.1. The number of H-pyrrole nitrogens is 1. The predicted molar refractivity (Wildman–Crippen MR) is 107 cm³/mol. The van der Waals surface area contributed by atoms with Crippen LogP contribution >= 0.6 is 0 Å². The van der Waals surface area contributed by atoms with E-state index in [1.54, 1.807) is 20.3 Å². The highest BCUT2D eigenvalue weighted by Crippen LogP contribution is 2.40. The van der Waals surface area contributed by atoms with Gasteiger partial charge in [-0.15, -0.1) is 0 Å². The van der Waals surface area contributed by atoms with Crippen molar-refractivity contribution in [1.29, 1.82) is 0 Å². The van der Waals surface area contributed by atoms with Gasteiger partial charge in [0.2, 0.25) is 0 Å². The second kappa shape index (κ2) is 7.56. The number of phenolic OH excluding ortho intramolecular Hbond substituents is 1. The van der Waals surface area contributed by atoms with Crippen LogP contribution in [0, 0.1) is 12.7 Å². The fourth-order valence-electron chi connectivity index (χ4n) is 3.36. The van der Waals surface area contributed by atoms with Gasteiger partial charge in [0.15, 0.2) is 17.1 Å². The number of benzene rings is 2. The van der Waals surface area contributed by atoms with E-state index in [0.29, 0.717) is 41.4 Å². The molecule has 2 N–H and O–H groups in total. The van der Waals surface area contributed by atoms with E-state index in [2.05, 4.69) is 15.2 Å². The second-order valence-corrected chi connectivity index (χ2v) is 6.56. The standard InChI is InChI=1S/C21H20FN3O4/c1-11-19-14-9-18(29-7-6-27-2)17(28-3)10-15(14)20(23-21(19)25-24-11)13-5-4-12(26)8-16(13)22/h4-5,8-10,26H,6-7H2,1-3H3,(H,23,24,25). The minimum absolute atomic E-state index is 0.154. The van der Waals surface area contributed by atoms with Crippen molar-refractivity contribution in [3.8, 4) is 28.5 Å². The highest BCUT2D eigenvalue weighted by Gasteiger charge is 2.19. The number of nitrogens with one attached hydrogen (secondary N) is 1. The number of pyridine rings is 1. The smallest absolute Gasteiger partial charge is 0.182 e. The third-order valence-corrected chi connectivity index (χ3v) is 4.73. The summed E-state index contributed by atoms with van der Waals surface area (Å²) in [5, 5.41) is 19.1. The number of rotatable bonds is 6. The van der Waals surface area contributed by atoms with Gasteiger partial charge < -0.3 is 19.3 Å². The second-order valence-electron chi connectivity index (χ2n) is 6.56. The Balaban J connectivity index is 2.03. The number of hydrogen-bond donors (Lipinski definition) is 2. The number of phenols is 1. The molecular weight excluding hydrogens is 377 g/mol. The minimum atomic E-state index is -0.579. The molecule has 0 atom stereocenters. The van der Waals surface area contributed by atoms with Gasteiger partial charge in [-0.2, -0.15) is 5.10 Å². The number of ether oxygens (including phenoxy) is 3. The molecule has 0 saturated carbocycles. The van der Waals surface area contributed by atoms with Crippen LogP contribution in [-0.2, 0) is 4.74 Å². The molecule has 0 saturated heterocycles. The molecule has 4 rings (SSSR count). The normalized spacial score (nSPS) is 11.3. The van der Waals surface area contributed by atoms with Crippen molar-refractivity contribution in [1.82, 2.24) is 15.2 Å². The average molecular weight is 397 g/mol. The van der Waals surface area contributed by atoms with Crippen molar-refractivity contribution in [3.05, 3.63) is 41.8 Å². The van der Waals surface area contributed by atoms with E-state index < -0.39 is 5.82 Å². The molecule has 2 aromatic heterocycles. The SMILES string of the molecule is COCCOc1cc2c(cc1OC)c(-c1ccc(O)cc1F)nc1n[nH]c(C)c12. The van der Waals surface area contributed by atoms with E-state index in [9.17, 15) is 9.50 Å². The first-order valence-corrected chi connectivity index (χ1v) is 9.00. The van der Waals surface area contributed by atoms with Crippen LogP contribution in [0.4, 0.5) is 4.39 Å². The molecule has 0 aliphatic rings. The van der Waals surface area contributed by atoms with Gasteiger partial charge in [-0.3, -0.25) is 5.10 Å². The van der Waals surface area contributed by atoms with Crippen molar-refractivity contribution in [2.24, 2.45) is 0 Å². The molecule has 0 aliphatic heterocycles. The van der Waals surface area contributed by atoms with Gasteiger partial charge in [0.25, 0.3) is 0 Å². The van der Waals surface area contributed by atoms with Crippen molar-refractivity contribution in [2.75, 3.05) is 27.4 Å². The van der Waals surface area contributed by atoms with Crippen molar-refractivity contribution in [2.45, 2.75) is 6.92 Å². The molecule has 2 aromatic carbocycles. The number of fused-ring (bicyclic) bond motifs is 3. The average Bonchev–Trinajstić information content (AvgIpc) is 3.08. The Morgan fingerprint density at radius 1 is 1.07 bits per heavy atom. The quantitative estimate of drug-likeness (QED) is 0.479. The summed E-state index contributed by atoms with van der Waals surface area (Å²) in [7, 11) is 3.14. The van der Waals surface area contributed by atoms with Gasteiger partial charge in [-0.25, -0.2) is 9.37 Å². The third-order valence-electron chi connectivity index (χ3n) is 4.73. The van der Waals surface area contributed by atoms with Crippen LogP contribution in [0.2, 0.25) is 0 Å². The van der Waals surface area contributed by atoms with E-state index in [-0.39, 0.29) is 11.3 Å². The topological polar surface area (TPSA) is 89.5 Å². The van der Waals surface area contributed by atoms with E-state index in [1.807, 2.05) is 13.0 Å². The lowest BCUT2D eigenvalue weighted by molar-refractivity contribution is 0.144. The fourth-order valence-corrected chi connectivity index (χ4v) is 3.36. The summed E-state index contributed by atoms with van der Waals surface area (Å²) in [4.78, 5) is 4.59. The van der Waals surface area contributed by atoms with Gasteiger partial charge in [-0.1, -0.05) is 0 Å². The third kappa shape index (κ3) is 3.31. The van der Waals surface area contributed by atoms with Crippen molar-refractivity contribution < 1.29 is 23.7 Å². The molecule has 7 nitrogen and oxygen atoms in total. The molecule has 8 heteroatoms. The van der Waals surface area contributed by atoms with Crippen LogP contribution in [0.1, 0.15) is 5.69 Å². The monoisotopic (exact) mass is 397 g/mol. The number of nitrogens with zero attached hydrogens (tertiary/aromatic N) is 2. The summed E-state index contributed by atoms with van der Waals surface area (Å²) < 4.78 is 31.0. The van der Waals surface area contributed by atoms with Crippen LogP contribution in [0.3, 0.4) is 0 Å². The molecule has 150 valence electrons. The number of methoxy groups -OCH3 is 2. The zero-order valence-electron chi connectivity index (χ0n) is 16.2. The molecule has 4 aromatic rings. The van der Waals surface area contributed by atoms with Gasteiger partial charge in [0.1, 0.15) is 18.2 Å². The Labute approximate surface area is 166 Å². The molecule has 0 amide bonds. The van der Waals surface area contributed by atoms with E-state index in [4.69, 9.17) is 14.2 Å². The largest absolute Gasteiger partial charge is 0.508 e. The number of aromatic hydroxyl groups is 1. The molecule has 0 unspecified atom stereocenters. The molecular formula is C21H20FN3O4. The maximum absolute atomic E-state index is 14.6. The first-order chi connectivity index (χ1) is 14.0. The van der Waals surface area contributed by atoms with Crippen LogP contribution in [-0.4, -0.2) is 47.7 Å². The number of hydrogen-bond acceptors (Lipinski definition) is 6. The summed E-state index contributed by atoms with van der Waals surface area (Å²) in [6.45, 7) is 2.69. The molecule has 2 heterocycles. The lowest BCUT2D eigenvalue weighted by Crippen LogP contribution is -2.05. The number of aryl methyl sites for hydroxylation is 1.